The van der Waals surface area contributed by atoms with Gasteiger partial charge in [-0.3, -0.25) is 19.2 Å². The first-order chi connectivity index (χ1) is 23.3. The fourth-order valence-electron chi connectivity index (χ4n) is 4.53. The summed E-state index contributed by atoms with van der Waals surface area (Å²) in [5, 5.41) is 6.38. The van der Waals surface area contributed by atoms with Crippen molar-refractivity contribution >= 4 is 58.3 Å². The Balaban J connectivity index is 1.97. The average molecular weight is 767 g/mol. The van der Waals surface area contributed by atoms with Crippen LogP contribution in [0.4, 0.5) is 22.0 Å². The summed E-state index contributed by atoms with van der Waals surface area (Å²) in [6, 6.07) is 12.6. The third-order valence-electron chi connectivity index (χ3n) is 7.01. The minimum absolute atomic E-state index is 0.0895. The van der Waals surface area contributed by atoms with Crippen LogP contribution in [-0.4, -0.2) is 61.4 Å². The van der Waals surface area contributed by atoms with Crippen LogP contribution >= 0.6 is 34.8 Å². The minimum Gasteiger partial charge on any atom is -0.497 e. The van der Waals surface area contributed by atoms with Crippen molar-refractivity contribution < 1.29 is 50.6 Å². The lowest BCUT2D eigenvalue weighted by molar-refractivity contribution is -0.165. The van der Waals surface area contributed by atoms with Gasteiger partial charge in [0.2, 0.25) is 11.7 Å². The van der Waals surface area contributed by atoms with Crippen LogP contribution in [0.15, 0.2) is 66.7 Å². The quantitative estimate of drug-likeness (QED) is 0.120. The smallest absolute Gasteiger partial charge is 0.405 e. The van der Waals surface area contributed by atoms with E-state index in [-0.39, 0.29) is 27.8 Å². The van der Waals surface area contributed by atoms with Crippen molar-refractivity contribution in [2.75, 3.05) is 13.7 Å². The van der Waals surface area contributed by atoms with Gasteiger partial charge in [-0.15, -0.1) is 0 Å². The molecule has 3 rings (SSSR count). The van der Waals surface area contributed by atoms with Gasteiger partial charge in [0, 0.05) is 21.5 Å². The van der Waals surface area contributed by atoms with Crippen molar-refractivity contribution in [1.82, 2.24) is 16.0 Å². The summed E-state index contributed by atoms with van der Waals surface area (Å²) >= 11 is 18.4. The normalized spacial score (nSPS) is 13.5. The topological polar surface area (TPSA) is 123 Å². The largest absolute Gasteiger partial charge is 0.497 e. The molecule has 0 saturated carbocycles. The van der Waals surface area contributed by atoms with Crippen molar-refractivity contribution in [3.05, 3.63) is 92.9 Å². The molecule has 3 atom stereocenters. The van der Waals surface area contributed by atoms with Crippen LogP contribution in [-0.2, 0) is 25.6 Å². The number of Topliss-reactive ketones (excluding diaryl/α,β-unsaturated/α-hetero) is 1. The van der Waals surface area contributed by atoms with E-state index in [2.05, 4.69) is 10.6 Å². The van der Waals surface area contributed by atoms with Crippen LogP contribution in [0.5, 0.6) is 11.5 Å². The molecule has 0 aliphatic rings. The summed E-state index contributed by atoms with van der Waals surface area (Å²) in [5.41, 5.74) is 0.654. The number of carbonyl (C=O) groups excluding carboxylic acids is 4. The lowest BCUT2D eigenvalue weighted by Crippen LogP contribution is -2.58. The first-order valence-electron chi connectivity index (χ1n) is 14.7. The van der Waals surface area contributed by atoms with E-state index in [9.17, 15) is 41.1 Å². The highest BCUT2D eigenvalue weighted by Gasteiger charge is 2.52. The molecule has 9 nitrogen and oxygen atoms in total. The van der Waals surface area contributed by atoms with Gasteiger partial charge in [-0.05, 0) is 59.5 Å². The van der Waals surface area contributed by atoms with Gasteiger partial charge in [0.1, 0.15) is 24.1 Å². The molecule has 0 aliphatic heterocycles. The van der Waals surface area contributed by atoms with E-state index in [1.54, 1.807) is 24.3 Å². The van der Waals surface area contributed by atoms with Crippen LogP contribution in [0.2, 0.25) is 15.1 Å². The zero-order valence-corrected chi connectivity index (χ0v) is 28.8. The second-order valence-electron chi connectivity index (χ2n) is 11.2. The van der Waals surface area contributed by atoms with Crippen LogP contribution in [0.25, 0.3) is 0 Å². The van der Waals surface area contributed by atoms with E-state index in [0.717, 1.165) is 5.32 Å². The Bertz CT molecular complexity index is 1670. The maximum absolute atomic E-state index is 14.9. The monoisotopic (exact) mass is 765 g/mol. The maximum Gasteiger partial charge on any atom is 0.405 e. The number of alkyl halides is 5. The minimum atomic E-state index is -5.03. The van der Waals surface area contributed by atoms with Gasteiger partial charge in [-0.2, -0.15) is 22.0 Å². The third-order valence-corrected chi connectivity index (χ3v) is 7.68. The summed E-state index contributed by atoms with van der Waals surface area (Å²) in [5.74, 6) is -12.3. The third kappa shape index (κ3) is 11.5. The number of methoxy groups -OCH3 is 1. The molecule has 3 N–H and O–H groups in total. The number of benzene rings is 3. The molecule has 3 aromatic rings. The lowest BCUT2D eigenvalue weighted by atomic mass is 9.94. The number of rotatable bonds is 15. The number of halogens is 8. The number of ketones is 1. The van der Waals surface area contributed by atoms with Gasteiger partial charge in [0.05, 0.1) is 13.2 Å². The SMILES string of the molecule is COc1ccc([C@H](NC(=O)C(Cc2cccc(Cl)c2)Oc2cc(Cl)cc(Cl)c2)C(=O)N[C@H](C(=O)C(F)(F)C(=O)NCC(F)(F)F)C(C)C)cc1. The van der Waals surface area contributed by atoms with Gasteiger partial charge in [0.25, 0.3) is 11.8 Å². The maximum atomic E-state index is 14.9. The number of carbonyl (C=O) groups is 4. The molecule has 17 heteroatoms. The van der Waals surface area contributed by atoms with Crippen LogP contribution in [0.3, 0.4) is 0 Å². The van der Waals surface area contributed by atoms with E-state index < -0.39 is 66.3 Å². The molecule has 3 amide bonds. The molecule has 3 aromatic carbocycles. The standard InChI is InChI=1S/C33H31Cl3F5N3O6/c1-17(2)26(28(45)33(40,41)31(48)42-16-32(37,38)39)43-30(47)27(19-7-9-23(49-3)10-8-19)44-29(46)25(12-18-5-4-6-20(34)11-18)50-24-14-21(35)13-22(36)15-24/h4-11,13-15,17,25-27H,12,16H2,1-3H3,(H,42,48)(H,43,47)(H,44,46)/t25?,26-,27-/m0/s1. The number of nitrogens with one attached hydrogen (secondary N) is 3. The first-order valence-corrected chi connectivity index (χ1v) is 15.8. The molecule has 1 unspecified atom stereocenters. The number of hydrogen-bond acceptors (Lipinski definition) is 6. The molecular weight excluding hydrogens is 736 g/mol. The van der Waals surface area contributed by atoms with Crippen molar-refractivity contribution in [3.8, 4) is 11.5 Å². The van der Waals surface area contributed by atoms with Crippen LogP contribution in [0.1, 0.15) is 31.0 Å². The van der Waals surface area contributed by atoms with E-state index in [0.29, 0.717) is 16.3 Å². The Morgan fingerprint density at radius 1 is 0.780 bits per heavy atom. The summed E-state index contributed by atoms with van der Waals surface area (Å²) < 4.78 is 78.5. The molecule has 0 radical (unpaired) electrons. The van der Waals surface area contributed by atoms with Gasteiger partial charge < -0.3 is 25.4 Å². The highest BCUT2D eigenvalue weighted by Crippen LogP contribution is 2.27. The summed E-state index contributed by atoms with van der Waals surface area (Å²) in [6.45, 7) is 0.412. The zero-order chi connectivity index (χ0) is 37.4. The molecule has 0 fully saturated rings. The van der Waals surface area contributed by atoms with Crippen molar-refractivity contribution in [2.24, 2.45) is 5.92 Å². The van der Waals surface area contributed by atoms with E-state index in [1.807, 2.05) is 0 Å². The molecule has 0 bridgehead atoms. The molecule has 0 aliphatic carbocycles. The second kappa shape index (κ2) is 17.2. The van der Waals surface area contributed by atoms with Crippen molar-refractivity contribution in [2.45, 2.75) is 50.6 Å². The van der Waals surface area contributed by atoms with Gasteiger partial charge in [-0.25, -0.2) is 0 Å². The predicted octanol–water partition coefficient (Wildman–Crippen LogP) is 6.53. The Labute approximate surface area is 298 Å². The van der Waals surface area contributed by atoms with Crippen LogP contribution < -0.4 is 25.4 Å². The summed E-state index contributed by atoms with van der Waals surface area (Å²) in [7, 11) is 1.38. The zero-order valence-electron chi connectivity index (χ0n) is 26.5. The molecule has 270 valence electrons. The predicted molar refractivity (Wildman–Crippen MR) is 176 cm³/mol. The molecule has 0 spiro atoms. The highest BCUT2D eigenvalue weighted by molar-refractivity contribution is 6.34. The Morgan fingerprint density at radius 3 is 1.94 bits per heavy atom. The van der Waals surface area contributed by atoms with Crippen LogP contribution in [0, 0.1) is 5.92 Å². The fourth-order valence-corrected chi connectivity index (χ4v) is 5.25. The van der Waals surface area contributed by atoms with E-state index in [1.165, 1.54) is 63.4 Å². The van der Waals surface area contributed by atoms with Gasteiger partial charge >= 0.3 is 12.1 Å². The number of hydrogen-bond donors (Lipinski definition) is 3. The second-order valence-corrected chi connectivity index (χ2v) is 12.5. The Hall–Kier alpha value is -4.14. The first kappa shape index (κ1) is 40.3. The number of amides is 3. The molecule has 0 saturated heterocycles. The van der Waals surface area contributed by atoms with Crippen molar-refractivity contribution in [1.29, 1.82) is 0 Å². The Kier molecular flexibility index (Phi) is 13.8. The molecular formula is C33H31Cl3F5N3O6. The fraction of sp³-hybridized carbons (Fsp3) is 0.333. The summed E-state index contributed by atoms with van der Waals surface area (Å²) in [6.07, 6.45) is -6.50. The van der Waals surface area contributed by atoms with E-state index in [4.69, 9.17) is 44.3 Å². The lowest BCUT2D eigenvalue weighted by Gasteiger charge is -2.28. The number of ether oxygens (including phenoxy) is 2. The van der Waals surface area contributed by atoms with E-state index >= 15 is 0 Å². The van der Waals surface area contributed by atoms with Gasteiger partial charge in [-0.1, -0.05) is 72.9 Å². The van der Waals surface area contributed by atoms with Crippen molar-refractivity contribution in [3.63, 3.8) is 0 Å². The highest BCUT2D eigenvalue weighted by atomic mass is 35.5. The average Bonchev–Trinajstić information content (AvgIpc) is 3.03. The molecule has 0 aromatic heterocycles. The van der Waals surface area contributed by atoms with Gasteiger partial charge in [0.15, 0.2) is 6.10 Å². The Morgan fingerprint density at radius 2 is 1.40 bits per heavy atom. The molecule has 0 heterocycles. The summed E-state index contributed by atoms with van der Waals surface area (Å²) in [4.78, 5) is 52.6. The molecule has 50 heavy (non-hydrogen) atoms.